The molecule has 0 aliphatic heterocycles. The van der Waals surface area contributed by atoms with E-state index in [1.54, 1.807) is 6.92 Å². The fraction of sp³-hybridized carbons (Fsp3) is 0.211. The maximum absolute atomic E-state index is 12.4. The van der Waals surface area contributed by atoms with E-state index in [4.69, 9.17) is 4.74 Å². The van der Waals surface area contributed by atoms with Crippen molar-refractivity contribution in [1.82, 2.24) is 0 Å². The Labute approximate surface area is 140 Å². The lowest BCUT2D eigenvalue weighted by Gasteiger charge is -2.12. The highest BCUT2D eigenvalue weighted by Crippen LogP contribution is 2.30. The largest absolute Gasteiger partial charge is 0.508 e. The molecule has 0 aliphatic carbocycles. The first-order chi connectivity index (χ1) is 11.3. The molecule has 2 rings (SSSR count). The van der Waals surface area contributed by atoms with Crippen LogP contribution in [-0.4, -0.2) is 21.3 Å². The molecule has 24 heavy (non-hydrogen) atoms. The van der Waals surface area contributed by atoms with Gasteiger partial charge >= 0.3 is 5.97 Å². The molecular weight excluding hydrogens is 308 g/mol. The predicted molar refractivity (Wildman–Crippen MR) is 90.7 cm³/mol. The maximum atomic E-state index is 12.4. The number of phenols is 3. The molecule has 5 heteroatoms. The number of phenolic OH excluding ortho intramolecular Hbond substituents is 3. The summed E-state index contributed by atoms with van der Waals surface area (Å²) in [4.78, 5) is 12.4. The second-order valence-electron chi connectivity index (χ2n) is 5.82. The van der Waals surface area contributed by atoms with Crippen molar-refractivity contribution in [2.24, 2.45) is 0 Å². The van der Waals surface area contributed by atoms with E-state index >= 15 is 0 Å². The Bertz CT molecular complexity index is 778. The zero-order valence-electron chi connectivity index (χ0n) is 13.8. The first-order valence-corrected chi connectivity index (χ1v) is 7.48. The Kier molecular flexibility index (Phi) is 5.14. The summed E-state index contributed by atoms with van der Waals surface area (Å²) in [5.41, 5.74) is 2.15. The third-order valence-corrected chi connectivity index (χ3v) is 3.48. The van der Waals surface area contributed by atoms with Crippen molar-refractivity contribution in [3.05, 3.63) is 58.7 Å². The summed E-state index contributed by atoms with van der Waals surface area (Å²) in [5, 5.41) is 29.0. The molecule has 0 unspecified atom stereocenters. The van der Waals surface area contributed by atoms with Gasteiger partial charge in [0, 0.05) is 11.6 Å². The van der Waals surface area contributed by atoms with Crippen LogP contribution in [0.25, 0.3) is 0 Å². The number of aryl methyl sites for hydroxylation is 1. The highest BCUT2D eigenvalue weighted by atomic mass is 16.5. The summed E-state index contributed by atoms with van der Waals surface area (Å²) in [6.07, 6.45) is 2.45. The van der Waals surface area contributed by atoms with Crippen molar-refractivity contribution in [3.8, 4) is 23.0 Å². The average Bonchev–Trinajstić information content (AvgIpc) is 2.46. The van der Waals surface area contributed by atoms with Gasteiger partial charge in [-0.15, -0.1) is 0 Å². The van der Waals surface area contributed by atoms with E-state index in [9.17, 15) is 20.1 Å². The van der Waals surface area contributed by atoms with Gasteiger partial charge in [-0.25, -0.2) is 4.79 Å². The summed E-state index contributed by atoms with van der Waals surface area (Å²) in [6, 6.07) is 6.93. The summed E-state index contributed by atoms with van der Waals surface area (Å²) >= 11 is 0. The molecule has 5 nitrogen and oxygen atoms in total. The van der Waals surface area contributed by atoms with Crippen molar-refractivity contribution in [3.63, 3.8) is 0 Å². The van der Waals surface area contributed by atoms with Gasteiger partial charge in [-0.05, 0) is 57.0 Å². The Morgan fingerprint density at radius 3 is 2.42 bits per heavy atom. The number of carbonyl (C=O) groups is 1. The molecule has 0 bridgehead atoms. The minimum Gasteiger partial charge on any atom is -0.508 e. The van der Waals surface area contributed by atoms with E-state index in [-0.39, 0.29) is 22.8 Å². The summed E-state index contributed by atoms with van der Waals surface area (Å²) in [7, 11) is 0. The number of allylic oxidation sites excluding steroid dienone is 2. The topological polar surface area (TPSA) is 87.0 Å². The molecule has 0 saturated carbocycles. The van der Waals surface area contributed by atoms with Crippen molar-refractivity contribution < 1.29 is 24.9 Å². The first kappa shape index (κ1) is 17.4. The number of esters is 1. The van der Waals surface area contributed by atoms with Gasteiger partial charge in [-0.2, -0.15) is 0 Å². The molecule has 0 saturated heterocycles. The number of carbonyl (C=O) groups excluding carboxylic acids is 1. The van der Waals surface area contributed by atoms with Crippen LogP contribution in [0, 0.1) is 6.92 Å². The number of benzene rings is 2. The number of hydrogen-bond acceptors (Lipinski definition) is 5. The molecule has 0 aliphatic rings. The summed E-state index contributed by atoms with van der Waals surface area (Å²) in [6.45, 7) is 5.50. The van der Waals surface area contributed by atoms with Gasteiger partial charge in [0.05, 0.1) is 0 Å². The molecule has 0 atom stereocenters. The molecule has 3 N–H and O–H groups in total. The lowest BCUT2D eigenvalue weighted by molar-refractivity contribution is 0.0729. The molecular formula is C19H20O5. The maximum Gasteiger partial charge on any atom is 0.347 e. The van der Waals surface area contributed by atoms with Crippen LogP contribution in [0.15, 0.2) is 42.0 Å². The normalized spacial score (nSPS) is 10.3. The standard InChI is InChI=1S/C19H20O5/c1-11(2)4-5-13-9-14(20)6-7-17(13)24-19(23)18-12(3)8-15(21)10-16(18)22/h4,6-10,20-22H,5H2,1-3H3. The Morgan fingerprint density at radius 1 is 1.08 bits per heavy atom. The van der Waals surface area contributed by atoms with Crippen LogP contribution >= 0.6 is 0 Å². The van der Waals surface area contributed by atoms with E-state index in [0.717, 1.165) is 11.6 Å². The fourth-order valence-electron chi connectivity index (χ4n) is 2.31. The second-order valence-corrected chi connectivity index (χ2v) is 5.82. The van der Waals surface area contributed by atoms with Crippen molar-refractivity contribution in [2.75, 3.05) is 0 Å². The van der Waals surface area contributed by atoms with Crippen LogP contribution in [0.4, 0.5) is 0 Å². The number of ether oxygens (including phenoxy) is 1. The molecule has 0 fully saturated rings. The van der Waals surface area contributed by atoms with Crippen molar-refractivity contribution >= 4 is 5.97 Å². The van der Waals surface area contributed by atoms with Crippen LogP contribution in [0.2, 0.25) is 0 Å². The van der Waals surface area contributed by atoms with Gasteiger partial charge in [0.15, 0.2) is 0 Å². The molecule has 0 amide bonds. The molecule has 0 heterocycles. The van der Waals surface area contributed by atoms with Gasteiger partial charge in [-0.1, -0.05) is 11.6 Å². The minimum atomic E-state index is -0.728. The third-order valence-electron chi connectivity index (χ3n) is 3.48. The minimum absolute atomic E-state index is 0.00552. The van der Waals surface area contributed by atoms with Gasteiger partial charge in [0.1, 0.15) is 28.6 Å². The molecule has 0 spiro atoms. The molecule has 2 aromatic rings. The average molecular weight is 328 g/mol. The third kappa shape index (κ3) is 4.07. The lowest BCUT2D eigenvalue weighted by atomic mass is 10.1. The van der Waals surface area contributed by atoms with E-state index in [1.807, 2.05) is 19.9 Å². The predicted octanol–water partition coefficient (Wildman–Crippen LogP) is 3.84. The highest BCUT2D eigenvalue weighted by Gasteiger charge is 2.19. The highest BCUT2D eigenvalue weighted by molar-refractivity contribution is 5.95. The number of aromatic hydroxyl groups is 3. The van der Waals surface area contributed by atoms with Crippen LogP contribution in [-0.2, 0) is 6.42 Å². The number of hydrogen-bond donors (Lipinski definition) is 3. The van der Waals surface area contributed by atoms with Gasteiger partial charge in [0.25, 0.3) is 0 Å². The van der Waals surface area contributed by atoms with Crippen LogP contribution < -0.4 is 4.74 Å². The molecule has 0 aromatic heterocycles. The Hall–Kier alpha value is -2.95. The van der Waals surface area contributed by atoms with Gasteiger partial charge in [0.2, 0.25) is 0 Å². The Balaban J connectivity index is 2.34. The summed E-state index contributed by atoms with van der Waals surface area (Å²) in [5.74, 6) is -0.815. The molecule has 0 radical (unpaired) electrons. The van der Waals surface area contributed by atoms with Gasteiger partial charge in [-0.3, -0.25) is 0 Å². The van der Waals surface area contributed by atoms with E-state index < -0.39 is 5.97 Å². The van der Waals surface area contributed by atoms with Crippen LogP contribution in [0.3, 0.4) is 0 Å². The van der Waals surface area contributed by atoms with E-state index in [1.165, 1.54) is 24.3 Å². The molecule has 126 valence electrons. The zero-order chi connectivity index (χ0) is 17.9. The van der Waals surface area contributed by atoms with Crippen LogP contribution in [0.5, 0.6) is 23.0 Å². The smallest absolute Gasteiger partial charge is 0.347 e. The van der Waals surface area contributed by atoms with Crippen LogP contribution in [0.1, 0.15) is 35.3 Å². The van der Waals surface area contributed by atoms with Crippen molar-refractivity contribution in [1.29, 1.82) is 0 Å². The Morgan fingerprint density at radius 2 is 1.79 bits per heavy atom. The lowest BCUT2D eigenvalue weighted by Crippen LogP contribution is -2.11. The summed E-state index contributed by atoms with van der Waals surface area (Å²) < 4.78 is 5.40. The van der Waals surface area contributed by atoms with E-state index in [2.05, 4.69) is 0 Å². The SMILES string of the molecule is CC(C)=CCc1cc(O)ccc1OC(=O)c1c(C)cc(O)cc1O. The first-order valence-electron chi connectivity index (χ1n) is 7.48. The fourth-order valence-corrected chi connectivity index (χ4v) is 2.31. The monoisotopic (exact) mass is 328 g/mol. The quantitative estimate of drug-likeness (QED) is 0.451. The zero-order valence-corrected chi connectivity index (χ0v) is 13.8. The molecule has 2 aromatic carbocycles. The van der Waals surface area contributed by atoms with Crippen molar-refractivity contribution in [2.45, 2.75) is 27.2 Å². The second kappa shape index (κ2) is 7.08. The van der Waals surface area contributed by atoms with E-state index in [0.29, 0.717) is 23.3 Å². The van der Waals surface area contributed by atoms with Gasteiger partial charge < -0.3 is 20.1 Å². The number of rotatable bonds is 4.